The van der Waals surface area contributed by atoms with Crippen molar-refractivity contribution in [1.82, 2.24) is 5.16 Å². The first kappa shape index (κ1) is 24.5. The second-order valence-electron chi connectivity index (χ2n) is 8.57. The van der Waals surface area contributed by atoms with E-state index in [1.54, 1.807) is 43.3 Å². The number of ether oxygens (including phenoxy) is 2. The summed E-state index contributed by atoms with van der Waals surface area (Å²) in [5, 5.41) is 16.6. The maximum Gasteiger partial charge on any atom is 0.412 e. The number of rotatable bonds is 5. The number of hydrogen-bond donors (Lipinski definition) is 2. The molecule has 1 fully saturated rings. The number of hydrogen-bond acceptors (Lipinski definition) is 8. The van der Waals surface area contributed by atoms with Crippen LogP contribution in [0.2, 0.25) is 5.02 Å². The highest BCUT2D eigenvalue weighted by atomic mass is 35.5. The highest BCUT2D eigenvalue weighted by molar-refractivity contribution is 6.31. The van der Waals surface area contributed by atoms with Gasteiger partial charge in [-0.25, -0.2) is 14.8 Å². The van der Waals surface area contributed by atoms with Crippen molar-refractivity contribution in [3.05, 3.63) is 70.2 Å². The molecule has 188 valence electrons. The molecule has 1 aromatic carbocycles. The average Bonchev–Trinajstić information content (AvgIpc) is 3.58. The number of allylic oxidation sites excluding steroid dienone is 1. The third-order valence-corrected chi connectivity index (χ3v) is 6.62. The van der Waals surface area contributed by atoms with E-state index < -0.39 is 23.6 Å². The summed E-state index contributed by atoms with van der Waals surface area (Å²) in [6.45, 7) is 2.45. The van der Waals surface area contributed by atoms with Crippen LogP contribution >= 0.6 is 11.6 Å². The van der Waals surface area contributed by atoms with E-state index in [1.165, 1.54) is 6.20 Å². The first-order valence-corrected chi connectivity index (χ1v) is 11.8. The molecule has 11 heteroatoms. The molecule has 0 radical (unpaired) electrons. The average molecular weight is 521 g/mol. The Morgan fingerprint density at radius 2 is 1.97 bits per heavy atom. The minimum absolute atomic E-state index is 0.116. The van der Waals surface area contributed by atoms with Crippen molar-refractivity contribution in [1.29, 1.82) is 0 Å². The Bertz CT molecular complexity index is 1450. The number of fused-ring (bicyclic) bond motifs is 1. The maximum atomic E-state index is 12.4. The molecule has 5 rings (SSSR count). The van der Waals surface area contributed by atoms with E-state index in [-0.39, 0.29) is 11.4 Å². The molecule has 10 nitrogen and oxygen atoms in total. The number of aromatic nitrogens is 1. The van der Waals surface area contributed by atoms with Gasteiger partial charge >= 0.3 is 12.1 Å². The molecule has 1 unspecified atom stereocenters. The van der Waals surface area contributed by atoms with E-state index in [4.69, 9.17) is 25.6 Å². The molecular formula is C26H21ClN4O6. The quantitative estimate of drug-likeness (QED) is 0.552. The molecule has 1 saturated heterocycles. The third kappa shape index (κ3) is 4.91. The van der Waals surface area contributed by atoms with Gasteiger partial charge in [0.05, 0.1) is 11.9 Å². The van der Waals surface area contributed by atoms with Crippen molar-refractivity contribution in [3.63, 3.8) is 0 Å². The van der Waals surface area contributed by atoms with Gasteiger partial charge in [0, 0.05) is 29.4 Å². The van der Waals surface area contributed by atoms with Crippen molar-refractivity contribution in [2.75, 3.05) is 18.5 Å². The number of carboxylic acid groups (broad SMARTS) is 1. The summed E-state index contributed by atoms with van der Waals surface area (Å²) in [5.41, 5.74) is 1.42. The predicted octanol–water partition coefficient (Wildman–Crippen LogP) is 4.55. The number of carbonyl (C=O) groups is 2. The molecule has 1 atom stereocenters. The Balaban J connectivity index is 1.25. The number of halogens is 1. The van der Waals surface area contributed by atoms with Crippen LogP contribution in [-0.2, 0) is 14.3 Å². The Morgan fingerprint density at radius 1 is 1.19 bits per heavy atom. The van der Waals surface area contributed by atoms with Gasteiger partial charge in [0.1, 0.15) is 22.9 Å². The van der Waals surface area contributed by atoms with Gasteiger partial charge in [-0.15, -0.1) is 0 Å². The van der Waals surface area contributed by atoms with Crippen molar-refractivity contribution in [2.24, 2.45) is 15.4 Å². The van der Waals surface area contributed by atoms with E-state index in [1.807, 2.05) is 0 Å². The molecule has 3 aliphatic heterocycles. The van der Waals surface area contributed by atoms with Crippen molar-refractivity contribution in [2.45, 2.75) is 25.9 Å². The van der Waals surface area contributed by atoms with Crippen molar-refractivity contribution in [3.8, 4) is 11.8 Å². The number of amides is 1. The third-order valence-electron chi connectivity index (χ3n) is 6.28. The van der Waals surface area contributed by atoms with Crippen LogP contribution in [-0.4, -0.2) is 47.1 Å². The number of aliphatic carboxylic acids is 1. The molecule has 4 heterocycles. The van der Waals surface area contributed by atoms with Gasteiger partial charge in [0.2, 0.25) is 5.76 Å². The standard InChI is InChI=1S/C26H21ClN4O6/c1-15(18-4-2-3-5-19(18)27)36-25(34)30-20-14-28-37-21(20)7-6-17-12-16-13-22(31-23(16)29-17)26(24(32)33)8-10-35-11-9-26/h2-5,12-15H,8-11H2,1H3,(H,30,34)(H,32,33). The van der Waals surface area contributed by atoms with E-state index in [0.29, 0.717) is 59.5 Å². The molecule has 1 aromatic heterocycles. The number of benzene rings is 1. The van der Waals surface area contributed by atoms with Gasteiger partial charge in [-0.1, -0.05) is 35.0 Å². The summed E-state index contributed by atoms with van der Waals surface area (Å²) < 4.78 is 15.9. The fourth-order valence-electron chi connectivity index (χ4n) is 4.23. The lowest BCUT2D eigenvalue weighted by molar-refractivity contribution is -0.151. The number of aliphatic imine (C=N–C) groups is 2. The summed E-state index contributed by atoms with van der Waals surface area (Å²) in [5.74, 6) is 5.27. The van der Waals surface area contributed by atoms with E-state index >= 15 is 0 Å². The second kappa shape index (κ2) is 10.0. The summed E-state index contributed by atoms with van der Waals surface area (Å²) in [6.07, 6.45) is 4.18. The number of nitrogens with one attached hydrogen (secondary N) is 1. The Hall–Kier alpha value is -4.20. The minimum atomic E-state index is -1.07. The smallest absolute Gasteiger partial charge is 0.412 e. The Labute approximate surface area is 216 Å². The fraction of sp³-hybridized carbons (Fsp3) is 0.269. The zero-order valence-electron chi connectivity index (χ0n) is 19.7. The summed E-state index contributed by atoms with van der Waals surface area (Å²) in [4.78, 5) is 33.3. The predicted molar refractivity (Wildman–Crippen MR) is 135 cm³/mol. The summed E-state index contributed by atoms with van der Waals surface area (Å²) >= 11 is 6.16. The Morgan fingerprint density at radius 3 is 2.70 bits per heavy atom. The lowest BCUT2D eigenvalue weighted by Gasteiger charge is -2.32. The first-order chi connectivity index (χ1) is 17.9. The van der Waals surface area contributed by atoms with Gasteiger partial charge < -0.3 is 19.1 Å². The highest BCUT2D eigenvalue weighted by Gasteiger charge is 2.46. The molecule has 2 N–H and O–H groups in total. The van der Waals surface area contributed by atoms with Crippen LogP contribution in [0.3, 0.4) is 0 Å². The van der Waals surface area contributed by atoms with Crippen LogP contribution < -0.4 is 5.32 Å². The van der Waals surface area contributed by atoms with Crippen LogP contribution in [0.15, 0.2) is 68.4 Å². The number of carbonyl (C=O) groups excluding carboxylic acids is 1. The molecule has 2 aromatic rings. The SMILES string of the molecule is CC(OC(=O)Nc1cnoc1C#CC1=NC2=NC(C3(C(=O)O)CCOCC3)=CC2=C1)c1ccccc1Cl. The molecule has 0 aliphatic carbocycles. The minimum Gasteiger partial charge on any atom is -0.481 e. The lowest BCUT2D eigenvalue weighted by atomic mass is 9.77. The number of carboxylic acids is 1. The Kier molecular flexibility index (Phi) is 6.65. The summed E-state index contributed by atoms with van der Waals surface area (Å²) in [6, 6.07) is 7.09. The molecule has 37 heavy (non-hydrogen) atoms. The normalized spacial score (nSPS) is 18.3. The van der Waals surface area contributed by atoms with E-state index in [9.17, 15) is 14.7 Å². The van der Waals surface area contributed by atoms with Gasteiger partial charge in [-0.2, -0.15) is 0 Å². The van der Waals surface area contributed by atoms with Crippen LogP contribution in [0.1, 0.15) is 37.2 Å². The van der Waals surface area contributed by atoms with Gasteiger partial charge in [0.25, 0.3) is 0 Å². The number of anilines is 1. The van der Waals surface area contributed by atoms with Crippen LogP contribution in [0, 0.1) is 17.3 Å². The molecule has 0 bridgehead atoms. The van der Waals surface area contributed by atoms with Crippen LogP contribution in [0.5, 0.6) is 0 Å². The van der Waals surface area contributed by atoms with Gasteiger partial charge in [0.15, 0.2) is 5.84 Å². The number of amidine groups is 1. The zero-order valence-corrected chi connectivity index (χ0v) is 20.4. The van der Waals surface area contributed by atoms with E-state index in [2.05, 4.69) is 32.3 Å². The second-order valence-corrected chi connectivity index (χ2v) is 8.98. The lowest BCUT2D eigenvalue weighted by Crippen LogP contribution is -2.38. The zero-order chi connectivity index (χ0) is 26.0. The summed E-state index contributed by atoms with van der Waals surface area (Å²) in [7, 11) is 0. The van der Waals surface area contributed by atoms with Crippen LogP contribution in [0.25, 0.3) is 0 Å². The number of nitrogens with zero attached hydrogens (tertiary/aromatic N) is 3. The highest BCUT2D eigenvalue weighted by Crippen LogP contribution is 2.42. The largest absolute Gasteiger partial charge is 0.481 e. The van der Waals surface area contributed by atoms with Gasteiger partial charge in [-0.3, -0.25) is 10.1 Å². The molecule has 0 spiro atoms. The van der Waals surface area contributed by atoms with Crippen molar-refractivity contribution >= 4 is 40.9 Å². The van der Waals surface area contributed by atoms with E-state index in [0.717, 1.165) is 0 Å². The topological polar surface area (TPSA) is 136 Å². The molecule has 3 aliphatic rings. The first-order valence-electron chi connectivity index (χ1n) is 11.5. The molecular weight excluding hydrogens is 500 g/mol. The molecule has 0 saturated carbocycles. The van der Waals surface area contributed by atoms with Crippen LogP contribution in [0.4, 0.5) is 10.5 Å². The van der Waals surface area contributed by atoms with Crippen molar-refractivity contribution < 1.29 is 28.7 Å². The fourth-order valence-corrected chi connectivity index (χ4v) is 4.52. The molecule has 1 amide bonds. The van der Waals surface area contributed by atoms with Gasteiger partial charge in [-0.05, 0) is 49.8 Å². The maximum absolute atomic E-state index is 12.4. The monoisotopic (exact) mass is 520 g/mol.